The third-order valence-corrected chi connectivity index (χ3v) is 6.97. The van der Waals surface area contributed by atoms with Crippen molar-refractivity contribution in [3.8, 4) is 0 Å². The topological polar surface area (TPSA) is 87.0 Å². The largest absolute Gasteiger partial charge is 0.454 e. The molecule has 3 N–H and O–H groups in total. The maximum atomic E-state index is 11.3. The number of carbonyl (C=O) groups excluding carboxylic acids is 1. The SMILES string of the molecule is C/C(=C\CC/C(=C/C[C@@H]1OC(=O)C=C1CO)CO)CC[C@H]1C(C)(C)CCC[C@]1(C)O. The molecule has 5 nitrogen and oxygen atoms in total. The van der Waals surface area contributed by atoms with E-state index in [9.17, 15) is 20.1 Å². The number of allylic oxidation sites excluding steroid dienone is 2. The van der Waals surface area contributed by atoms with Crippen molar-refractivity contribution in [3.05, 3.63) is 34.9 Å². The van der Waals surface area contributed by atoms with Gasteiger partial charge in [0, 0.05) is 18.1 Å². The lowest BCUT2D eigenvalue weighted by Crippen LogP contribution is -2.46. The molecular formula is C25H40O5. The van der Waals surface area contributed by atoms with Crippen LogP contribution in [0, 0.1) is 11.3 Å². The molecule has 1 aliphatic heterocycles. The van der Waals surface area contributed by atoms with E-state index in [1.165, 1.54) is 18.1 Å². The summed E-state index contributed by atoms with van der Waals surface area (Å²) in [5, 5.41) is 29.8. The first-order valence-corrected chi connectivity index (χ1v) is 11.3. The predicted octanol–water partition coefficient (Wildman–Crippen LogP) is 4.22. The third-order valence-electron chi connectivity index (χ3n) is 6.97. The zero-order chi connectivity index (χ0) is 22.4. The molecule has 0 saturated heterocycles. The first-order valence-electron chi connectivity index (χ1n) is 11.3. The van der Waals surface area contributed by atoms with Crippen LogP contribution >= 0.6 is 0 Å². The van der Waals surface area contributed by atoms with Crippen LogP contribution < -0.4 is 0 Å². The molecule has 170 valence electrons. The fourth-order valence-electron chi connectivity index (χ4n) is 5.13. The van der Waals surface area contributed by atoms with Crippen LogP contribution in [-0.4, -0.2) is 46.2 Å². The molecule has 0 radical (unpaired) electrons. The summed E-state index contributed by atoms with van der Waals surface area (Å²) < 4.78 is 5.18. The first-order chi connectivity index (χ1) is 14.1. The normalized spacial score (nSPS) is 29.7. The van der Waals surface area contributed by atoms with Gasteiger partial charge in [0.2, 0.25) is 0 Å². The molecule has 0 unspecified atom stereocenters. The maximum Gasteiger partial charge on any atom is 0.331 e. The van der Waals surface area contributed by atoms with Gasteiger partial charge >= 0.3 is 5.97 Å². The lowest BCUT2D eigenvalue weighted by atomic mass is 9.60. The van der Waals surface area contributed by atoms with Crippen LogP contribution in [0.4, 0.5) is 0 Å². The van der Waals surface area contributed by atoms with E-state index in [4.69, 9.17) is 4.74 Å². The number of aliphatic hydroxyl groups is 3. The quantitative estimate of drug-likeness (QED) is 0.364. The molecule has 0 bridgehead atoms. The maximum absolute atomic E-state index is 11.3. The molecule has 30 heavy (non-hydrogen) atoms. The molecule has 0 aromatic rings. The molecule has 0 aromatic carbocycles. The fraction of sp³-hybridized carbons (Fsp3) is 0.720. The van der Waals surface area contributed by atoms with Crippen molar-refractivity contribution in [2.45, 2.75) is 90.8 Å². The zero-order valence-electron chi connectivity index (χ0n) is 19.1. The molecular weight excluding hydrogens is 380 g/mol. The van der Waals surface area contributed by atoms with E-state index in [1.807, 2.05) is 13.0 Å². The Morgan fingerprint density at radius 1 is 1.20 bits per heavy atom. The smallest absolute Gasteiger partial charge is 0.331 e. The molecule has 5 heteroatoms. The number of esters is 1. The van der Waals surface area contributed by atoms with Crippen molar-refractivity contribution < 1.29 is 24.9 Å². The number of ether oxygens (including phenoxy) is 1. The van der Waals surface area contributed by atoms with Gasteiger partial charge in [-0.05, 0) is 69.3 Å². The molecule has 1 aliphatic carbocycles. The third kappa shape index (κ3) is 6.79. The highest BCUT2D eigenvalue weighted by Gasteiger charge is 2.44. The summed E-state index contributed by atoms with van der Waals surface area (Å²) >= 11 is 0. The van der Waals surface area contributed by atoms with Crippen molar-refractivity contribution in [2.24, 2.45) is 11.3 Å². The average molecular weight is 421 g/mol. The monoisotopic (exact) mass is 420 g/mol. The van der Waals surface area contributed by atoms with Crippen molar-refractivity contribution >= 4 is 5.97 Å². The van der Waals surface area contributed by atoms with Crippen molar-refractivity contribution in [1.82, 2.24) is 0 Å². The molecule has 2 aliphatic rings. The minimum Gasteiger partial charge on any atom is -0.454 e. The van der Waals surface area contributed by atoms with Crippen LogP contribution in [0.3, 0.4) is 0 Å². The molecule has 0 spiro atoms. The average Bonchev–Trinajstić information content (AvgIpc) is 3.02. The molecule has 1 fully saturated rings. The Bertz CT molecular complexity index is 668. The van der Waals surface area contributed by atoms with Crippen molar-refractivity contribution in [2.75, 3.05) is 13.2 Å². The summed E-state index contributed by atoms with van der Waals surface area (Å²) in [6.45, 7) is 8.48. The predicted molar refractivity (Wildman–Crippen MR) is 119 cm³/mol. The number of carbonyl (C=O) groups is 1. The molecule has 1 heterocycles. The summed E-state index contributed by atoms with van der Waals surface area (Å²) in [5.74, 6) is -0.112. The molecule has 3 atom stereocenters. The minimum absolute atomic E-state index is 0.0230. The van der Waals surface area contributed by atoms with Gasteiger partial charge in [0.25, 0.3) is 0 Å². The van der Waals surface area contributed by atoms with Gasteiger partial charge in [0.15, 0.2) is 0 Å². The summed E-state index contributed by atoms with van der Waals surface area (Å²) in [6, 6.07) is 0. The Balaban J connectivity index is 1.83. The van der Waals surface area contributed by atoms with Gasteiger partial charge in [0.05, 0.1) is 18.8 Å². The lowest BCUT2D eigenvalue weighted by Gasteiger charge is -2.48. The van der Waals surface area contributed by atoms with Crippen LogP contribution in [0.5, 0.6) is 0 Å². The molecule has 2 rings (SSSR count). The summed E-state index contributed by atoms with van der Waals surface area (Å²) in [6.07, 6.45) is 12.2. The first kappa shape index (κ1) is 24.8. The van der Waals surface area contributed by atoms with Crippen LogP contribution in [0.2, 0.25) is 0 Å². The summed E-state index contributed by atoms with van der Waals surface area (Å²) in [4.78, 5) is 11.3. The highest BCUT2D eigenvalue weighted by Crippen LogP contribution is 2.48. The molecule has 1 saturated carbocycles. The molecule has 0 amide bonds. The van der Waals surface area contributed by atoms with E-state index < -0.39 is 17.7 Å². The van der Waals surface area contributed by atoms with Gasteiger partial charge in [-0.25, -0.2) is 4.79 Å². The number of aliphatic hydroxyl groups excluding tert-OH is 2. The van der Waals surface area contributed by atoms with Gasteiger partial charge in [-0.3, -0.25) is 0 Å². The Morgan fingerprint density at radius 3 is 2.57 bits per heavy atom. The second kappa shape index (κ2) is 10.7. The number of cyclic esters (lactones) is 1. The van der Waals surface area contributed by atoms with Crippen molar-refractivity contribution in [3.63, 3.8) is 0 Å². The Hall–Kier alpha value is -1.43. The van der Waals surface area contributed by atoms with Crippen LogP contribution in [0.1, 0.15) is 79.1 Å². The van der Waals surface area contributed by atoms with Gasteiger partial charge in [-0.15, -0.1) is 0 Å². The number of hydrogen-bond donors (Lipinski definition) is 3. The van der Waals surface area contributed by atoms with Crippen LogP contribution in [-0.2, 0) is 9.53 Å². The fourth-order valence-corrected chi connectivity index (χ4v) is 5.13. The van der Waals surface area contributed by atoms with Crippen LogP contribution in [0.25, 0.3) is 0 Å². The Kier molecular flexibility index (Phi) is 8.89. The van der Waals surface area contributed by atoms with E-state index in [0.29, 0.717) is 17.9 Å². The Labute approximate surface area is 181 Å². The number of rotatable bonds is 10. The summed E-state index contributed by atoms with van der Waals surface area (Å²) in [5.41, 5.74) is 2.40. The standard InChI is InChI=1S/C25H40O5/c1-18(9-12-22-24(2,3)13-6-14-25(22,4)29)7-5-8-19(16-26)10-11-21-20(17-27)15-23(28)30-21/h7,10,15,21-22,26-27,29H,5-6,8-9,11-14,16-17H2,1-4H3/b18-7+,19-10-/t21-,22-,25-/m0/s1. The highest BCUT2D eigenvalue weighted by molar-refractivity contribution is 5.85. The van der Waals surface area contributed by atoms with Crippen LogP contribution in [0.15, 0.2) is 34.9 Å². The number of hydrogen-bond acceptors (Lipinski definition) is 5. The van der Waals surface area contributed by atoms with Gasteiger partial charge < -0.3 is 20.1 Å². The van der Waals surface area contributed by atoms with Gasteiger partial charge in [-0.2, -0.15) is 0 Å². The highest BCUT2D eigenvalue weighted by atomic mass is 16.5. The van der Waals surface area contributed by atoms with E-state index in [1.54, 1.807) is 0 Å². The molecule has 0 aromatic heterocycles. The minimum atomic E-state index is -0.583. The van der Waals surface area contributed by atoms with E-state index in [0.717, 1.165) is 44.1 Å². The van der Waals surface area contributed by atoms with E-state index in [2.05, 4.69) is 26.8 Å². The van der Waals surface area contributed by atoms with Gasteiger partial charge in [-0.1, -0.05) is 38.0 Å². The lowest BCUT2D eigenvalue weighted by molar-refractivity contribution is -0.138. The van der Waals surface area contributed by atoms with Crippen molar-refractivity contribution in [1.29, 1.82) is 0 Å². The Morgan fingerprint density at radius 2 is 1.93 bits per heavy atom. The van der Waals surface area contributed by atoms with E-state index in [-0.39, 0.29) is 18.6 Å². The second-order valence-electron chi connectivity index (χ2n) is 9.94. The van der Waals surface area contributed by atoms with Gasteiger partial charge in [0.1, 0.15) is 6.10 Å². The second-order valence-corrected chi connectivity index (χ2v) is 9.94. The van der Waals surface area contributed by atoms with E-state index >= 15 is 0 Å². The zero-order valence-corrected chi connectivity index (χ0v) is 19.1. The summed E-state index contributed by atoms with van der Waals surface area (Å²) in [7, 11) is 0.